The minimum absolute atomic E-state index is 0.0664. The van der Waals surface area contributed by atoms with Crippen molar-refractivity contribution in [3.63, 3.8) is 0 Å². The van der Waals surface area contributed by atoms with Crippen LogP contribution in [0.3, 0.4) is 0 Å². The predicted molar refractivity (Wildman–Crippen MR) is 113 cm³/mol. The summed E-state index contributed by atoms with van der Waals surface area (Å²) in [6.07, 6.45) is 1.74. The van der Waals surface area contributed by atoms with Crippen molar-refractivity contribution in [2.24, 2.45) is 0 Å². The monoisotopic (exact) mass is 427 g/mol. The number of rotatable bonds is 5. The van der Waals surface area contributed by atoms with Gasteiger partial charge in [0.25, 0.3) is 0 Å². The Morgan fingerprint density at radius 1 is 1.03 bits per heavy atom. The van der Waals surface area contributed by atoms with E-state index in [1.54, 1.807) is 12.3 Å². The molecule has 8 heteroatoms. The first-order valence-corrected chi connectivity index (χ1v) is 11.0. The Bertz CT molecular complexity index is 1150. The third kappa shape index (κ3) is 4.26. The topological polar surface area (TPSA) is 79.4 Å². The molecule has 0 aliphatic carbocycles. The Hall–Kier alpha value is -2.90. The van der Waals surface area contributed by atoms with Gasteiger partial charge in [-0.25, -0.2) is 13.4 Å². The van der Waals surface area contributed by atoms with Crippen LogP contribution in [0.15, 0.2) is 71.8 Å². The first-order valence-electron chi connectivity index (χ1n) is 8.97. The summed E-state index contributed by atoms with van der Waals surface area (Å²) in [5.74, 6) is -0.363. The Labute approximate surface area is 174 Å². The SMILES string of the molecule is O=C(CS(=O)(=O)c1ccc(Cl)cc1)Nc1cccc2c1CN(c1ccccn1)C2. The number of hydrogen-bond acceptors (Lipinski definition) is 5. The Morgan fingerprint density at radius 2 is 1.83 bits per heavy atom. The lowest BCUT2D eigenvalue weighted by molar-refractivity contribution is -0.113. The highest BCUT2D eigenvalue weighted by Crippen LogP contribution is 2.32. The van der Waals surface area contributed by atoms with Crippen molar-refractivity contribution in [2.75, 3.05) is 16.0 Å². The predicted octanol–water partition coefficient (Wildman–Crippen LogP) is 3.67. The largest absolute Gasteiger partial charge is 0.348 e. The van der Waals surface area contributed by atoms with Crippen LogP contribution in [0.5, 0.6) is 0 Å². The molecular weight excluding hydrogens is 410 g/mol. The zero-order valence-corrected chi connectivity index (χ0v) is 16.9. The molecule has 0 atom stereocenters. The van der Waals surface area contributed by atoms with Crippen LogP contribution < -0.4 is 10.2 Å². The molecule has 1 aromatic heterocycles. The van der Waals surface area contributed by atoms with Gasteiger partial charge >= 0.3 is 0 Å². The van der Waals surface area contributed by atoms with E-state index in [1.165, 1.54) is 24.3 Å². The summed E-state index contributed by atoms with van der Waals surface area (Å²) in [5.41, 5.74) is 2.67. The average Bonchev–Trinajstić information content (AvgIpc) is 3.14. The molecule has 6 nitrogen and oxygen atoms in total. The number of pyridine rings is 1. The second-order valence-electron chi connectivity index (χ2n) is 6.75. The Kier molecular flexibility index (Phi) is 5.25. The van der Waals surface area contributed by atoms with E-state index >= 15 is 0 Å². The molecule has 0 saturated carbocycles. The number of anilines is 2. The molecule has 29 heavy (non-hydrogen) atoms. The number of benzene rings is 2. The molecule has 2 aromatic carbocycles. The van der Waals surface area contributed by atoms with E-state index in [1.807, 2.05) is 30.3 Å². The van der Waals surface area contributed by atoms with Crippen LogP contribution in [0.2, 0.25) is 5.02 Å². The van der Waals surface area contributed by atoms with Crippen LogP contribution in [0.1, 0.15) is 11.1 Å². The zero-order chi connectivity index (χ0) is 20.4. The highest BCUT2D eigenvalue weighted by atomic mass is 35.5. The van der Waals surface area contributed by atoms with E-state index in [0.717, 1.165) is 16.9 Å². The number of fused-ring (bicyclic) bond motifs is 1. The molecule has 1 N–H and O–H groups in total. The number of hydrogen-bond donors (Lipinski definition) is 1. The quantitative estimate of drug-likeness (QED) is 0.672. The number of halogens is 1. The van der Waals surface area contributed by atoms with Crippen LogP contribution in [-0.4, -0.2) is 25.1 Å². The summed E-state index contributed by atoms with van der Waals surface area (Å²) in [7, 11) is -3.76. The van der Waals surface area contributed by atoms with E-state index in [-0.39, 0.29) is 4.90 Å². The van der Waals surface area contributed by atoms with Gasteiger partial charge in [-0.05, 0) is 53.6 Å². The maximum absolute atomic E-state index is 12.5. The molecule has 1 aliphatic rings. The van der Waals surface area contributed by atoms with E-state index in [4.69, 9.17) is 11.6 Å². The van der Waals surface area contributed by atoms with Crippen LogP contribution in [0.25, 0.3) is 0 Å². The van der Waals surface area contributed by atoms with E-state index in [2.05, 4.69) is 15.2 Å². The van der Waals surface area contributed by atoms with E-state index in [9.17, 15) is 13.2 Å². The number of nitrogens with zero attached hydrogens (tertiary/aromatic N) is 2. The van der Waals surface area contributed by atoms with Gasteiger partial charge in [0.1, 0.15) is 11.6 Å². The molecule has 148 valence electrons. The van der Waals surface area contributed by atoms with Crippen molar-refractivity contribution < 1.29 is 13.2 Å². The first kappa shape index (κ1) is 19.4. The number of amides is 1. The summed E-state index contributed by atoms with van der Waals surface area (Å²) in [4.78, 5) is 19.0. The highest BCUT2D eigenvalue weighted by molar-refractivity contribution is 7.92. The molecular formula is C21H18ClN3O3S. The minimum Gasteiger partial charge on any atom is -0.348 e. The van der Waals surface area contributed by atoms with Gasteiger partial charge in [-0.2, -0.15) is 0 Å². The first-order chi connectivity index (χ1) is 13.9. The van der Waals surface area contributed by atoms with Crippen LogP contribution in [-0.2, 0) is 27.7 Å². The summed E-state index contributed by atoms with van der Waals surface area (Å²) in [6, 6.07) is 17.1. The molecule has 1 aliphatic heterocycles. The van der Waals surface area contributed by atoms with E-state index < -0.39 is 21.5 Å². The number of carbonyl (C=O) groups is 1. The summed E-state index contributed by atoms with van der Waals surface area (Å²) in [5, 5.41) is 3.20. The lowest BCUT2D eigenvalue weighted by Crippen LogP contribution is -2.23. The fraction of sp³-hybridized carbons (Fsp3) is 0.143. The zero-order valence-electron chi connectivity index (χ0n) is 15.4. The third-order valence-electron chi connectivity index (χ3n) is 4.72. The van der Waals surface area contributed by atoms with Gasteiger partial charge in [0.05, 0.1) is 4.90 Å². The van der Waals surface area contributed by atoms with Crippen molar-refractivity contribution >= 4 is 38.9 Å². The van der Waals surface area contributed by atoms with Crippen molar-refractivity contribution in [1.82, 2.24) is 4.98 Å². The van der Waals surface area contributed by atoms with Gasteiger partial charge in [0.15, 0.2) is 9.84 Å². The fourth-order valence-corrected chi connectivity index (χ4v) is 4.59. The molecule has 2 heterocycles. The standard InChI is InChI=1S/C21H18ClN3O3S/c22-16-7-9-17(10-8-16)29(27,28)14-21(26)24-19-5-3-4-15-12-25(13-18(15)19)20-6-1-2-11-23-20/h1-11H,12-14H2,(H,24,26). The summed E-state index contributed by atoms with van der Waals surface area (Å²) in [6.45, 7) is 1.27. The molecule has 1 amide bonds. The lowest BCUT2D eigenvalue weighted by Gasteiger charge is -2.16. The maximum Gasteiger partial charge on any atom is 0.239 e. The van der Waals surface area contributed by atoms with E-state index in [0.29, 0.717) is 23.8 Å². The smallest absolute Gasteiger partial charge is 0.239 e. The third-order valence-corrected chi connectivity index (χ3v) is 6.61. The number of nitrogens with one attached hydrogen (secondary N) is 1. The molecule has 0 bridgehead atoms. The molecule has 0 fully saturated rings. The second-order valence-corrected chi connectivity index (χ2v) is 9.17. The summed E-state index contributed by atoms with van der Waals surface area (Å²) < 4.78 is 25.0. The minimum atomic E-state index is -3.76. The Balaban J connectivity index is 1.49. The summed E-state index contributed by atoms with van der Waals surface area (Å²) >= 11 is 5.80. The van der Waals surface area contributed by atoms with Gasteiger partial charge < -0.3 is 10.2 Å². The molecule has 0 unspecified atom stereocenters. The highest BCUT2D eigenvalue weighted by Gasteiger charge is 2.25. The van der Waals surface area contributed by atoms with Gasteiger partial charge in [0, 0.05) is 30.0 Å². The van der Waals surface area contributed by atoms with Crippen molar-refractivity contribution in [3.05, 3.63) is 83.0 Å². The number of sulfone groups is 1. The molecule has 0 saturated heterocycles. The van der Waals surface area contributed by atoms with Gasteiger partial charge in [0.2, 0.25) is 5.91 Å². The molecule has 3 aromatic rings. The number of carbonyl (C=O) groups excluding carboxylic acids is 1. The Morgan fingerprint density at radius 3 is 2.55 bits per heavy atom. The van der Waals surface area contributed by atoms with Gasteiger partial charge in [-0.15, -0.1) is 0 Å². The molecule has 4 rings (SSSR count). The van der Waals surface area contributed by atoms with Crippen molar-refractivity contribution in [1.29, 1.82) is 0 Å². The normalized spacial score (nSPS) is 13.2. The molecule has 0 spiro atoms. The second kappa shape index (κ2) is 7.85. The van der Waals surface area contributed by atoms with Crippen LogP contribution in [0.4, 0.5) is 11.5 Å². The van der Waals surface area contributed by atoms with Crippen molar-refractivity contribution in [3.8, 4) is 0 Å². The van der Waals surface area contributed by atoms with Crippen molar-refractivity contribution in [2.45, 2.75) is 18.0 Å². The fourth-order valence-electron chi connectivity index (χ4n) is 3.33. The van der Waals surface area contributed by atoms with Gasteiger partial charge in [-0.3, -0.25) is 4.79 Å². The van der Waals surface area contributed by atoms with Crippen LogP contribution in [0, 0.1) is 0 Å². The van der Waals surface area contributed by atoms with Gasteiger partial charge in [-0.1, -0.05) is 29.8 Å². The van der Waals surface area contributed by atoms with Crippen LogP contribution >= 0.6 is 11.6 Å². The molecule has 0 radical (unpaired) electrons. The maximum atomic E-state index is 12.5. The number of aromatic nitrogens is 1. The average molecular weight is 428 g/mol. The lowest BCUT2D eigenvalue weighted by atomic mass is 10.1.